The monoisotopic (exact) mass is 284 g/mol. The van der Waals surface area contributed by atoms with E-state index in [0.717, 1.165) is 13.1 Å². The van der Waals surface area contributed by atoms with Crippen molar-refractivity contribution < 1.29 is 4.39 Å². The van der Waals surface area contributed by atoms with Crippen molar-refractivity contribution in [3.05, 3.63) is 34.6 Å². The first kappa shape index (κ1) is 14.8. The second-order valence-corrected chi connectivity index (χ2v) is 7.03. The molecule has 1 aliphatic heterocycles. The molecule has 1 aromatic carbocycles. The molecule has 0 amide bonds. The molecule has 0 aromatic heterocycles. The molecule has 0 unspecified atom stereocenters. The largest absolute Gasteiger partial charge is 0.309 e. The van der Waals surface area contributed by atoms with E-state index in [2.05, 4.69) is 37.9 Å². The Morgan fingerprint density at radius 1 is 1.32 bits per heavy atom. The molecule has 2 rings (SSSR count). The third kappa shape index (κ3) is 3.28. The summed E-state index contributed by atoms with van der Waals surface area (Å²) in [7, 11) is 0. The average Bonchev–Trinajstić information content (AvgIpc) is 2.30. The molecule has 1 heterocycles. The van der Waals surface area contributed by atoms with Crippen molar-refractivity contribution in [3.8, 4) is 0 Å². The van der Waals surface area contributed by atoms with Gasteiger partial charge in [0.25, 0.3) is 0 Å². The summed E-state index contributed by atoms with van der Waals surface area (Å²) in [5.74, 6) is -0.295. The summed E-state index contributed by atoms with van der Waals surface area (Å²) in [5.41, 5.74) is 0.716. The van der Waals surface area contributed by atoms with Crippen molar-refractivity contribution in [2.24, 2.45) is 0 Å². The Morgan fingerprint density at radius 3 is 2.68 bits per heavy atom. The molecular weight excluding hydrogens is 263 g/mol. The lowest BCUT2D eigenvalue weighted by molar-refractivity contribution is 0.0316. The molecular formula is C15H22ClFN2. The van der Waals surface area contributed by atoms with Crippen LogP contribution in [-0.2, 0) is 6.54 Å². The van der Waals surface area contributed by atoms with E-state index in [-0.39, 0.29) is 21.9 Å². The van der Waals surface area contributed by atoms with Gasteiger partial charge in [0.15, 0.2) is 0 Å². The lowest BCUT2D eigenvalue weighted by atomic mass is 9.91. The molecule has 0 saturated carbocycles. The second kappa shape index (κ2) is 5.04. The van der Waals surface area contributed by atoms with Gasteiger partial charge in [0.2, 0.25) is 0 Å². The topological polar surface area (TPSA) is 15.3 Å². The van der Waals surface area contributed by atoms with Gasteiger partial charge >= 0.3 is 0 Å². The Bertz CT molecular complexity index is 471. The summed E-state index contributed by atoms with van der Waals surface area (Å²) in [5, 5.41) is 3.73. The Hall–Kier alpha value is -0.640. The zero-order valence-electron chi connectivity index (χ0n) is 12.1. The third-order valence-electron chi connectivity index (χ3n) is 3.83. The van der Waals surface area contributed by atoms with E-state index in [1.807, 2.05) is 6.07 Å². The maximum Gasteiger partial charge on any atom is 0.146 e. The van der Waals surface area contributed by atoms with Gasteiger partial charge in [0, 0.05) is 36.3 Å². The molecule has 106 valence electrons. The zero-order valence-corrected chi connectivity index (χ0v) is 12.8. The van der Waals surface area contributed by atoms with Crippen LogP contribution < -0.4 is 5.32 Å². The van der Waals surface area contributed by atoms with Crippen LogP contribution in [0.5, 0.6) is 0 Å². The highest BCUT2D eigenvalue weighted by Crippen LogP contribution is 2.27. The van der Waals surface area contributed by atoms with Crippen LogP contribution in [0.4, 0.5) is 4.39 Å². The van der Waals surface area contributed by atoms with Crippen LogP contribution in [0.3, 0.4) is 0 Å². The number of hydrogen-bond acceptors (Lipinski definition) is 2. The van der Waals surface area contributed by atoms with E-state index >= 15 is 0 Å². The fourth-order valence-electron chi connectivity index (χ4n) is 2.46. The molecule has 2 nitrogen and oxygen atoms in total. The number of piperazine rings is 1. The third-order valence-corrected chi connectivity index (χ3v) is 4.13. The Kier molecular flexibility index (Phi) is 3.92. The summed E-state index contributed by atoms with van der Waals surface area (Å²) in [6.07, 6.45) is 0. The predicted octanol–water partition coefficient (Wildman–Crippen LogP) is 3.44. The van der Waals surface area contributed by atoms with Crippen LogP contribution in [0.15, 0.2) is 18.2 Å². The summed E-state index contributed by atoms with van der Waals surface area (Å²) in [6.45, 7) is 11.1. The van der Waals surface area contributed by atoms with Gasteiger partial charge in [-0.05, 0) is 33.8 Å². The normalized spacial score (nSPS) is 22.4. The number of nitrogens with zero attached hydrogens (tertiary/aromatic N) is 1. The van der Waals surface area contributed by atoms with Gasteiger partial charge in [-0.2, -0.15) is 0 Å². The zero-order chi connectivity index (χ0) is 14.3. The van der Waals surface area contributed by atoms with E-state index in [4.69, 9.17) is 11.6 Å². The lowest BCUT2D eigenvalue weighted by Gasteiger charge is -2.49. The van der Waals surface area contributed by atoms with Crippen LogP contribution in [0, 0.1) is 5.82 Å². The van der Waals surface area contributed by atoms with Crippen molar-refractivity contribution >= 4 is 11.6 Å². The number of rotatable bonds is 2. The smallest absolute Gasteiger partial charge is 0.146 e. The van der Waals surface area contributed by atoms with Crippen LogP contribution in [0.2, 0.25) is 5.02 Å². The Labute approximate surface area is 119 Å². The van der Waals surface area contributed by atoms with Crippen LogP contribution >= 0.6 is 11.6 Å². The highest BCUT2D eigenvalue weighted by atomic mass is 35.5. The number of hydrogen-bond donors (Lipinski definition) is 1. The molecule has 1 fully saturated rings. The lowest BCUT2D eigenvalue weighted by Crippen LogP contribution is -2.65. The van der Waals surface area contributed by atoms with Crippen LogP contribution in [-0.4, -0.2) is 29.1 Å². The molecule has 1 N–H and O–H groups in total. The Balaban J connectivity index is 2.22. The van der Waals surface area contributed by atoms with E-state index < -0.39 is 0 Å². The summed E-state index contributed by atoms with van der Waals surface area (Å²) in [6, 6.07) is 5.21. The second-order valence-electron chi connectivity index (χ2n) is 6.62. The maximum atomic E-state index is 14.0. The number of halogens is 2. The van der Waals surface area contributed by atoms with Gasteiger partial charge < -0.3 is 5.32 Å². The quantitative estimate of drug-likeness (QED) is 0.895. The van der Waals surface area contributed by atoms with Crippen molar-refractivity contribution in [1.82, 2.24) is 10.2 Å². The number of nitrogens with one attached hydrogen (secondary N) is 1. The minimum Gasteiger partial charge on any atom is -0.309 e. The summed E-state index contributed by atoms with van der Waals surface area (Å²) < 4.78 is 14.0. The van der Waals surface area contributed by atoms with Gasteiger partial charge in [0.1, 0.15) is 5.82 Å². The average molecular weight is 285 g/mol. The van der Waals surface area contributed by atoms with E-state index in [0.29, 0.717) is 12.1 Å². The predicted molar refractivity (Wildman–Crippen MR) is 78.0 cm³/mol. The molecule has 0 aliphatic carbocycles. The standard InChI is InChI=1S/C15H22ClFN2/c1-14(2)10-19(15(3,4)9-18-14)8-11-6-5-7-12(16)13(11)17/h5-7,18H,8-10H2,1-4H3. The van der Waals surface area contributed by atoms with Gasteiger partial charge in [-0.1, -0.05) is 23.7 Å². The molecule has 1 saturated heterocycles. The van der Waals surface area contributed by atoms with Crippen molar-refractivity contribution in [2.45, 2.75) is 45.3 Å². The van der Waals surface area contributed by atoms with Gasteiger partial charge in [-0.25, -0.2) is 4.39 Å². The molecule has 0 bridgehead atoms. The molecule has 1 aliphatic rings. The van der Waals surface area contributed by atoms with Crippen molar-refractivity contribution in [1.29, 1.82) is 0 Å². The summed E-state index contributed by atoms with van der Waals surface area (Å²) in [4.78, 5) is 2.32. The van der Waals surface area contributed by atoms with Gasteiger partial charge in [0.05, 0.1) is 5.02 Å². The molecule has 4 heteroatoms. The first-order chi connectivity index (χ1) is 8.71. The van der Waals surface area contributed by atoms with Crippen molar-refractivity contribution in [2.75, 3.05) is 13.1 Å². The minimum atomic E-state index is -0.295. The highest BCUT2D eigenvalue weighted by Gasteiger charge is 2.37. The van der Waals surface area contributed by atoms with E-state index in [9.17, 15) is 4.39 Å². The molecule has 19 heavy (non-hydrogen) atoms. The first-order valence-corrected chi connectivity index (χ1v) is 7.02. The fourth-order valence-corrected chi connectivity index (χ4v) is 2.65. The maximum absolute atomic E-state index is 14.0. The molecule has 0 atom stereocenters. The van der Waals surface area contributed by atoms with Crippen LogP contribution in [0.1, 0.15) is 33.3 Å². The van der Waals surface area contributed by atoms with Gasteiger partial charge in [-0.3, -0.25) is 4.90 Å². The minimum absolute atomic E-state index is 0.00424. The number of benzene rings is 1. The summed E-state index contributed by atoms with van der Waals surface area (Å²) >= 11 is 5.85. The molecule has 1 aromatic rings. The molecule has 0 spiro atoms. The van der Waals surface area contributed by atoms with E-state index in [1.165, 1.54) is 0 Å². The fraction of sp³-hybridized carbons (Fsp3) is 0.600. The van der Waals surface area contributed by atoms with E-state index in [1.54, 1.807) is 12.1 Å². The SMILES string of the molecule is CC1(C)CN(Cc2cccc(Cl)c2F)C(C)(C)CN1. The first-order valence-electron chi connectivity index (χ1n) is 6.64. The van der Waals surface area contributed by atoms with Crippen LogP contribution in [0.25, 0.3) is 0 Å². The van der Waals surface area contributed by atoms with Crippen molar-refractivity contribution in [3.63, 3.8) is 0 Å². The van der Waals surface area contributed by atoms with Gasteiger partial charge in [-0.15, -0.1) is 0 Å². The Morgan fingerprint density at radius 2 is 2.00 bits per heavy atom. The molecule has 0 radical (unpaired) electrons. The highest BCUT2D eigenvalue weighted by molar-refractivity contribution is 6.30.